The summed E-state index contributed by atoms with van der Waals surface area (Å²) in [5, 5.41) is 26.5. The Bertz CT molecular complexity index is 1110. The fourth-order valence-electron chi connectivity index (χ4n) is 3.39. The van der Waals surface area contributed by atoms with Crippen molar-refractivity contribution in [2.75, 3.05) is 12.4 Å². The number of nitrogens with one attached hydrogen (secondary N) is 4. The number of aromatic nitrogens is 1. The molecule has 4 unspecified atom stereocenters. The topological polar surface area (TPSA) is 230 Å². The molecule has 196 valence electrons. The molecule has 0 fully saturated rings. The van der Waals surface area contributed by atoms with E-state index in [-0.39, 0.29) is 25.0 Å². The summed E-state index contributed by atoms with van der Waals surface area (Å²) in [6, 6.07) is 2.23. The van der Waals surface area contributed by atoms with Crippen LogP contribution < -0.4 is 27.4 Å². The molecule has 0 aliphatic heterocycles. The molecule has 0 saturated heterocycles. The maximum Gasteiger partial charge on any atom is 0.327 e. The van der Waals surface area contributed by atoms with Gasteiger partial charge in [0.2, 0.25) is 23.6 Å². The van der Waals surface area contributed by atoms with E-state index in [9.17, 15) is 29.1 Å². The fraction of sp³-hybridized carbons (Fsp3) is 0.409. The average molecular weight is 523 g/mol. The molecule has 0 aliphatic rings. The lowest BCUT2D eigenvalue weighted by Crippen LogP contribution is -2.58. The number of carbonyl (C=O) groups excluding carboxylic acids is 4. The van der Waals surface area contributed by atoms with Gasteiger partial charge in [-0.3, -0.25) is 19.2 Å². The van der Waals surface area contributed by atoms with Crippen LogP contribution in [0.1, 0.15) is 18.4 Å². The zero-order chi connectivity index (χ0) is 26.8. The van der Waals surface area contributed by atoms with Gasteiger partial charge in [0.1, 0.15) is 18.1 Å². The molecule has 13 nitrogen and oxygen atoms in total. The summed E-state index contributed by atoms with van der Waals surface area (Å²) in [5.74, 6) is -4.86. The van der Waals surface area contributed by atoms with E-state index in [4.69, 9.17) is 16.6 Å². The van der Waals surface area contributed by atoms with Crippen LogP contribution in [0.4, 0.5) is 0 Å². The number of nitrogens with two attached hydrogens (primary N) is 2. The largest absolute Gasteiger partial charge is 0.480 e. The second-order valence-electron chi connectivity index (χ2n) is 8.06. The van der Waals surface area contributed by atoms with Gasteiger partial charge in [0.25, 0.3) is 0 Å². The molecule has 1 aromatic carbocycles. The van der Waals surface area contributed by atoms with Crippen LogP contribution in [0.5, 0.6) is 0 Å². The Balaban J connectivity index is 2.04. The normalized spacial score (nSPS) is 14.3. The van der Waals surface area contributed by atoms with Gasteiger partial charge in [0, 0.05) is 29.3 Å². The summed E-state index contributed by atoms with van der Waals surface area (Å²) in [7, 11) is 0. The number of carboxylic acids is 1. The summed E-state index contributed by atoms with van der Waals surface area (Å²) in [6.45, 7) is -0.810. The SMILES string of the molecule is NC(=O)CCC(NC(=O)C(CO)NC(=O)C(N)Cc1c[nH]c2ccccc12)C(=O)NC(CS)C(=O)O. The summed E-state index contributed by atoms with van der Waals surface area (Å²) in [4.78, 5) is 63.3. The van der Waals surface area contributed by atoms with Gasteiger partial charge in [-0.05, 0) is 24.5 Å². The molecule has 0 aliphatic carbocycles. The van der Waals surface area contributed by atoms with Crippen LogP contribution in [-0.2, 0) is 30.4 Å². The third-order valence-electron chi connectivity index (χ3n) is 5.38. The highest BCUT2D eigenvalue weighted by Crippen LogP contribution is 2.18. The Morgan fingerprint density at radius 2 is 1.58 bits per heavy atom. The number of rotatable bonds is 14. The Morgan fingerprint density at radius 3 is 2.19 bits per heavy atom. The first kappa shape index (κ1) is 28.6. The average Bonchev–Trinajstić information content (AvgIpc) is 3.25. The van der Waals surface area contributed by atoms with Crippen molar-refractivity contribution in [1.82, 2.24) is 20.9 Å². The van der Waals surface area contributed by atoms with Crippen LogP contribution in [0.25, 0.3) is 10.9 Å². The molecule has 2 aromatic rings. The van der Waals surface area contributed by atoms with Gasteiger partial charge in [0.15, 0.2) is 0 Å². The molecule has 14 heteroatoms. The highest BCUT2D eigenvalue weighted by Gasteiger charge is 2.30. The highest BCUT2D eigenvalue weighted by molar-refractivity contribution is 7.80. The molecule has 1 aromatic heterocycles. The lowest BCUT2D eigenvalue weighted by Gasteiger charge is -2.24. The summed E-state index contributed by atoms with van der Waals surface area (Å²) < 4.78 is 0. The summed E-state index contributed by atoms with van der Waals surface area (Å²) in [5.41, 5.74) is 12.8. The van der Waals surface area contributed by atoms with E-state index >= 15 is 0 Å². The van der Waals surface area contributed by atoms with Gasteiger partial charge in [-0.1, -0.05) is 18.2 Å². The Kier molecular flexibility index (Phi) is 10.7. The fourth-order valence-corrected chi connectivity index (χ4v) is 3.64. The molecule has 1 heterocycles. The van der Waals surface area contributed by atoms with Crippen molar-refractivity contribution in [2.24, 2.45) is 11.5 Å². The molecule has 0 spiro atoms. The van der Waals surface area contributed by atoms with E-state index in [0.717, 1.165) is 16.5 Å². The number of benzene rings is 1. The zero-order valence-corrected chi connectivity index (χ0v) is 20.2. The standard InChI is InChI=1S/C22H30N6O7S/c23-13(7-11-8-25-14-4-2-1-3-12(11)14)19(31)27-16(9-29)21(33)26-15(5-6-18(24)30)20(32)28-17(10-36)22(34)35/h1-4,8,13,15-17,25,29,36H,5-7,9-10,23H2,(H2,24,30)(H,26,33)(H,27,31)(H,28,32)(H,34,35). The molecule has 4 atom stereocenters. The molecule has 0 saturated carbocycles. The van der Waals surface area contributed by atoms with Gasteiger partial charge >= 0.3 is 5.97 Å². The number of primary amides is 1. The summed E-state index contributed by atoms with van der Waals surface area (Å²) in [6.07, 6.45) is 1.35. The van der Waals surface area contributed by atoms with Crippen LogP contribution in [0.2, 0.25) is 0 Å². The number of para-hydroxylation sites is 1. The van der Waals surface area contributed by atoms with Crippen molar-refractivity contribution >= 4 is 53.1 Å². The number of carbonyl (C=O) groups is 5. The number of aliphatic hydroxyl groups excluding tert-OH is 1. The van der Waals surface area contributed by atoms with Crippen molar-refractivity contribution in [3.63, 3.8) is 0 Å². The minimum Gasteiger partial charge on any atom is -0.480 e. The van der Waals surface area contributed by atoms with Crippen molar-refractivity contribution in [3.05, 3.63) is 36.0 Å². The number of hydrogen-bond donors (Lipinski definition) is 9. The lowest BCUT2D eigenvalue weighted by atomic mass is 10.0. The molecule has 0 radical (unpaired) electrons. The lowest BCUT2D eigenvalue weighted by molar-refractivity contribution is -0.141. The van der Waals surface area contributed by atoms with Crippen LogP contribution >= 0.6 is 12.6 Å². The predicted molar refractivity (Wildman–Crippen MR) is 133 cm³/mol. The smallest absolute Gasteiger partial charge is 0.327 e. The van der Waals surface area contributed by atoms with E-state index in [1.807, 2.05) is 24.3 Å². The van der Waals surface area contributed by atoms with Crippen molar-refractivity contribution in [1.29, 1.82) is 0 Å². The van der Waals surface area contributed by atoms with Crippen molar-refractivity contribution < 1.29 is 34.2 Å². The minimum absolute atomic E-state index is 0.152. The van der Waals surface area contributed by atoms with Gasteiger partial charge < -0.3 is 42.6 Å². The van der Waals surface area contributed by atoms with E-state index in [1.54, 1.807) is 6.20 Å². The summed E-state index contributed by atoms with van der Waals surface area (Å²) >= 11 is 3.86. The number of aliphatic carboxylic acids is 1. The second-order valence-corrected chi connectivity index (χ2v) is 8.43. The predicted octanol–water partition coefficient (Wildman–Crippen LogP) is -2.24. The number of aliphatic hydroxyl groups is 1. The molecule has 4 amide bonds. The van der Waals surface area contributed by atoms with E-state index in [0.29, 0.717) is 0 Å². The van der Waals surface area contributed by atoms with Crippen molar-refractivity contribution in [3.8, 4) is 0 Å². The first-order chi connectivity index (χ1) is 17.1. The quantitative estimate of drug-likeness (QED) is 0.123. The number of hydrogen-bond acceptors (Lipinski definition) is 8. The van der Waals surface area contributed by atoms with Crippen LogP contribution in [0.3, 0.4) is 0 Å². The number of amides is 4. The first-order valence-corrected chi connectivity index (χ1v) is 11.6. The first-order valence-electron chi connectivity index (χ1n) is 11.0. The van der Waals surface area contributed by atoms with Crippen LogP contribution in [0, 0.1) is 0 Å². The molecule has 0 bridgehead atoms. The minimum atomic E-state index is -1.46. The van der Waals surface area contributed by atoms with E-state index < -0.39 is 60.4 Å². The molecular weight excluding hydrogens is 492 g/mol. The number of aromatic amines is 1. The number of H-pyrrole nitrogens is 1. The van der Waals surface area contributed by atoms with Crippen LogP contribution in [0.15, 0.2) is 30.5 Å². The Hall–Kier alpha value is -3.62. The molecule has 36 heavy (non-hydrogen) atoms. The number of carboxylic acid groups (broad SMARTS) is 1. The van der Waals surface area contributed by atoms with Crippen molar-refractivity contribution in [2.45, 2.75) is 43.4 Å². The molecule has 10 N–H and O–H groups in total. The second kappa shape index (κ2) is 13.5. The van der Waals surface area contributed by atoms with Gasteiger partial charge in [-0.15, -0.1) is 0 Å². The van der Waals surface area contributed by atoms with Crippen LogP contribution in [-0.4, -0.2) is 81.3 Å². The Labute approximate surface area is 211 Å². The molecule has 2 rings (SSSR count). The molecular formula is C22H30N6O7S. The van der Waals surface area contributed by atoms with E-state index in [1.165, 1.54) is 0 Å². The Morgan fingerprint density at radius 1 is 0.972 bits per heavy atom. The maximum absolute atomic E-state index is 12.7. The highest BCUT2D eigenvalue weighted by atomic mass is 32.1. The number of fused-ring (bicyclic) bond motifs is 1. The van der Waals surface area contributed by atoms with Gasteiger partial charge in [-0.25, -0.2) is 4.79 Å². The van der Waals surface area contributed by atoms with E-state index in [2.05, 4.69) is 33.6 Å². The van der Waals surface area contributed by atoms with Gasteiger partial charge in [-0.2, -0.15) is 12.6 Å². The maximum atomic E-state index is 12.7. The van der Waals surface area contributed by atoms with Gasteiger partial charge in [0.05, 0.1) is 12.6 Å². The third-order valence-corrected chi connectivity index (χ3v) is 5.74. The number of thiol groups is 1. The third kappa shape index (κ3) is 7.96. The monoisotopic (exact) mass is 522 g/mol. The zero-order valence-electron chi connectivity index (χ0n) is 19.3.